The van der Waals surface area contributed by atoms with Crippen LogP contribution in [0.1, 0.15) is 55.6 Å². The smallest absolute Gasteiger partial charge is 0.100 e. The number of benzene rings is 10. The fourth-order valence-corrected chi connectivity index (χ4v) is 11.6. The third-order valence-corrected chi connectivity index (χ3v) is 14.9. The first kappa shape index (κ1) is 37.2. The Morgan fingerprint density at radius 1 is 0.281 bits per heavy atom. The van der Waals surface area contributed by atoms with E-state index in [0.717, 1.165) is 99.1 Å². The van der Waals surface area contributed by atoms with Crippen LogP contribution in [0.2, 0.25) is 0 Å². The highest BCUT2D eigenvalue weighted by molar-refractivity contribution is 6.29. The molecule has 4 heteroatoms. The molecule has 0 saturated carbocycles. The predicted octanol–water partition coefficient (Wildman–Crippen LogP) is 15.4. The quantitative estimate of drug-likeness (QED) is 0.162. The molecule has 0 fully saturated rings. The lowest BCUT2D eigenvalue weighted by atomic mass is 9.79. The lowest BCUT2D eigenvalue weighted by molar-refractivity contribution is 1.24. The molecule has 0 heterocycles. The minimum Gasteiger partial charge on any atom is -0.192 e. The van der Waals surface area contributed by atoms with Gasteiger partial charge in [0.2, 0.25) is 0 Å². The summed E-state index contributed by atoms with van der Waals surface area (Å²) in [6.45, 7) is 11.9. The monoisotopic (exact) mass is 812 g/mol. The summed E-state index contributed by atoms with van der Waals surface area (Å²) in [6, 6.07) is 49.9. The van der Waals surface area contributed by atoms with Gasteiger partial charge in [-0.25, -0.2) is 0 Å². The molecule has 0 N–H and O–H groups in total. The van der Waals surface area contributed by atoms with Gasteiger partial charge in [0.05, 0.1) is 34.4 Å². The first-order chi connectivity index (χ1) is 31.1. The maximum atomic E-state index is 11.0. The molecule has 0 saturated heterocycles. The van der Waals surface area contributed by atoms with E-state index in [1.54, 1.807) is 0 Å². The van der Waals surface area contributed by atoms with Crippen molar-refractivity contribution >= 4 is 53.9 Å². The van der Waals surface area contributed by atoms with Crippen LogP contribution in [0.3, 0.4) is 0 Å². The number of nitrogens with zero attached hydrogens (tertiary/aromatic N) is 4. The molecule has 2 aliphatic rings. The summed E-state index contributed by atoms with van der Waals surface area (Å²) >= 11 is 0. The zero-order chi connectivity index (χ0) is 44.0. The van der Waals surface area contributed by atoms with Crippen LogP contribution in [0.25, 0.3) is 121 Å². The molecule has 0 atom stereocenters. The number of rotatable bonds is 2. The molecule has 64 heavy (non-hydrogen) atoms. The number of hydrogen-bond donors (Lipinski definition) is 0. The van der Waals surface area contributed by atoms with Crippen LogP contribution >= 0.6 is 0 Å². The Balaban J connectivity index is 1.34. The molecular weight excluding hydrogens is 777 g/mol. The molecule has 0 aromatic heterocycles. The Bertz CT molecular complexity index is 3840. The van der Waals surface area contributed by atoms with Gasteiger partial charge in [0.15, 0.2) is 0 Å². The van der Waals surface area contributed by atoms with Crippen LogP contribution in [-0.4, -0.2) is 0 Å². The van der Waals surface area contributed by atoms with E-state index in [2.05, 4.69) is 133 Å². The van der Waals surface area contributed by atoms with Crippen LogP contribution in [-0.2, 0) is 0 Å². The van der Waals surface area contributed by atoms with E-state index in [4.69, 9.17) is 0 Å². The predicted molar refractivity (Wildman–Crippen MR) is 261 cm³/mol. The highest BCUT2D eigenvalue weighted by Gasteiger charge is 2.30. The summed E-state index contributed by atoms with van der Waals surface area (Å²) in [5.41, 5.74) is 19.9. The van der Waals surface area contributed by atoms with E-state index < -0.39 is 0 Å². The second kappa shape index (κ2) is 13.0. The molecule has 12 rings (SSSR count). The Kier molecular flexibility index (Phi) is 7.56. The second-order valence-electron chi connectivity index (χ2n) is 17.7. The summed E-state index contributed by atoms with van der Waals surface area (Å²) in [5, 5.41) is 53.7. The zero-order valence-electron chi connectivity index (χ0n) is 36.2. The average Bonchev–Trinajstić information content (AvgIpc) is 3.80. The molecule has 296 valence electrons. The van der Waals surface area contributed by atoms with Crippen molar-refractivity contribution in [1.82, 2.24) is 0 Å². The van der Waals surface area contributed by atoms with Gasteiger partial charge in [0.25, 0.3) is 0 Å². The van der Waals surface area contributed by atoms with Gasteiger partial charge < -0.3 is 0 Å². The minimum absolute atomic E-state index is 0.507. The van der Waals surface area contributed by atoms with Gasteiger partial charge in [0, 0.05) is 11.1 Å². The third kappa shape index (κ3) is 4.57. The zero-order valence-corrected chi connectivity index (χ0v) is 36.2. The second-order valence-corrected chi connectivity index (χ2v) is 17.7. The highest BCUT2D eigenvalue weighted by Crippen LogP contribution is 2.55. The molecule has 4 nitrogen and oxygen atoms in total. The highest BCUT2D eigenvalue weighted by atomic mass is 14.4. The SMILES string of the molecule is Cc1c(C)c(-c2cc3c4cc5c(cc4c(-c4c(C)c(C)c(C#N)c(C)c4C#N)cc3c3cc4c(cc23)-c2cccc3cccc-4c23)-c2cccc3cccc-5c23)c(C#N)c(C)c1C#N. The van der Waals surface area contributed by atoms with E-state index in [0.29, 0.717) is 33.4 Å². The summed E-state index contributed by atoms with van der Waals surface area (Å²) in [6.07, 6.45) is 0. The number of nitriles is 4. The van der Waals surface area contributed by atoms with Gasteiger partial charge in [-0.1, -0.05) is 72.8 Å². The minimum atomic E-state index is 0.507. The van der Waals surface area contributed by atoms with Crippen molar-refractivity contribution in [1.29, 1.82) is 21.0 Å². The first-order valence-corrected chi connectivity index (χ1v) is 21.6. The molecule has 2 aliphatic carbocycles. The summed E-state index contributed by atoms with van der Waals surface area (Å²) in [4.78, 5) is 0. The van der Waals surface area contributed by atoms with Crippen LogP contribution in [0, 0.1) is 86.9 Å². The summed E-state index contributed by atoms with van der Waals surface area (Å²) in [5.74, 6) is 0. The molecule has 0 unspecified atom stereocenters. The van der Waals surface area contributed by atoms with Crippen LogP contribution in [0.4, 0.5) is 0 Å². The van der Waals surface area contributed by atoms with Crippen molar-refractivity contribution < 1.29 is 0 Å². The summed E-state index contributed by atoms with van der Waals surface area (Å²) < 4.78 is 0. The topological polar surface area (TPSA) is 95.2 Å². The van der Waals surface area contributed by atoms with Crippen LogP contribution in [0.5, 0.6) is 0 Å². The fourth-order valence-electron chi connectivity index (χ4n) is 11.6. The van der Waals surface area contributed by atoms with Crippen molar-refractivity contribution in [2.75, 3.05) is 0 Å². The van der Waals surface area contributed by atoms with Gasteiger partial charge in [-0.15, -0.1) is 0 Å². The Hall–Kier alpha value is -8.54. The normalized spacial score (nSPS) is 11.8. The lowest BCUT2D eigenvalue weighted by Crippen LogP contribution is -2.03. The Labute approximate surface area is 370 Å². The van der Waals surface area contributed by atoms with Crippen molar-refractivity contribution in [3.05, 3.63) is 165 Å². The van der Waals surface area contributed by atoms with Gasteiger partial charge in [0.1, 0.15) is 12.1 Å². The van der Waals surface area contributed by atoms with E-state index in [1.165, 1.54) is 43.8 Å². The molecule has 0 spiro atoms. The molecule has 0 amide bonds. The van der Waals surface area contributed by atoms with Crippen molar-refractivity contribution in [2.24, 2.45) is 0 Å². The van der Waals surface area contributed by atoms with Gasteiger partial charge in [-0.05, 0) is 221 Å². The van der Waals surface area contributed by atoms with Gasteiger partial charge >= 0.3 is 0 Å². The molecule has 0 radical (unpaired) electrons. The molecule has 0 bridgehead atoms. The first-order valence-electron chi connectivity index (χ1n) is 21.6. The summed E-state index contributed by atoms with van der Waals surface area (Å²) in [7, 11) is 0. The van der Waals surface area contributed by atoms with E-state index in [-0.39, 0.29) is 0 Å². The molecule has 0 aliphatic heterocycles. The standard InChI is InChI=1S/C60H36N4/c1-29-31(3)57(55(27-63)33(5)53(29)25-61)51-23-47-46-20-42-38-16-8-12-36-14-10-18-40(60(36)38)44(42)22-50(46)52(58-32(4)30(2)54(26-62)34(6)56(58)28-64)24-48(47)45-19-41-37-15-7-11-35-13-9-17-39(59(35)37)43(41)21-49(45)51/h7-24H,1-6H3. The Morgan fingerprint density at radius 3 is 0.875 bits per heavy atom. The Morgan fingerprint density at radius 2 is 0.562 bits per heavy atom. The van der Waals surface area contributed by atoms with Gasteiger partial charge in [-0.3, -0.25) is 0 Å². The van der Waals surface area contributed by atoms with E-state index in [1.807, 2.05) is 41.5 Å². The average molecular weight is 813 g/mol. The fraction of sp³-hybridized carbons (Fsp3) is 0.100. The maximum absolute atomic E-state index is 11.0. The van der Waals surface area contributed by atoms with E-state index >= 15 is 0 Å². The number of fused-ring (bicyclic) bond motifs is 11. The lowest BCUT2D eigenvalue weighted by Gasteiger charge is -2.23. The van der Waals surface area contributed by atoms with Gasteiger partial charge in [-0.2, -0.15) is 21.0 Å². The largest absolute Gasteiger partial charge is 0.192 e. The molecule has 10 aromatic carbocycles. The number of hydrogen-bond acceptors (Lipinski definition) is 4. The van der Waals surface area contributed by atoms with Crippen LogP contribution < -0.4 is 0 Å². The van der Waals surface area contributed by atoms with Crippen molar-refractivity contribution in [3.63, 3.8) is 0 Å². The van der Waals surface area contributed by atoms with Crippen molar-refractivity contribution in [2.45, 2.75) is 41.5 Å². The maximum Gasteiger partial charge on any atom is 0.100 e. The van der Waals surface area contributed by atoms with E-state index in [9.17, 15) is 21.0 Å². The van der Waals surface area contributed by atoms with Crippen LogP contribution in [0.15, 0.2) is 109 Å². The third-order valence-electron chi connectivity index (χ3n) is 14.9. The molecule has 10 aromatic rings. The molecular formula is C60H36N4. The van der Waals surface area contributed by atoms with Crippen molar-refractivity contribution in [3.8, 4) is 91.0 Å².